The standard InChI is InChI=1S/C18H25NO/c1-20-16-9-7-15-8-10-18(17(15)13-16)19-12-11-14-5-3-2-4-6-14/h5,7,9,13,18-19H,2-4,6,8,10-12H2,1H3. The summed E-state index contributed by atoms with van der Waals surface area (Å²) < 4.78 is 5.35. The summed E-state index contributed by atoms with van der Waals surface area (Å²) in [5.74, 6) is 0.979. The number of hydrogen-bond donors (Lipinski definition) is 1. The first-order valence-electron chi connectivity index (χ1n) is 7.95. The molecule has 0 spiro atoms. The van der Waals surface area contributed by atoms with Gasteiger partial charge in [-0.3, -0.25) is 0 Å². The highest BCUT2D eigenvalue weighted by molar-refractivity contribution is 5.40. The van der Waals surface area contributed by atoms with E-state index in [4.69, 9.17) is 4.74 Å². The first kappa shape index (κ1) is 13.7. The number of aryl methyl sites for hydroxylation is 1. The minimum absolute atomic E-state index is 0.518. The summed E-state index contributed by atoms with van der Waals surface area (Å²) in [4.78, 5) is 0. The highest BCUT2D eigenvalue weighted by Gasteiger charge is 2.22. The van der Waals surface area contributed by atoms with Crippen molar-refractivity contribution in [2.24, 2.45) is 0 Å². The van der Waals surface area contributed by atoms with Gasteiger partial charge in [-0.1, -0.05) is 17.7 Å². The third kappa shape index (κ3) is 3.06. The number of benzene rings is 1. The van der Waals surface area contributed by atoms with Gasteiger partial charge in [0.25, 0.3) is 0 Å². The summed E-state index contributed by atoms with van der Waals surface area (Å²) in [5.41, 5.74) is 4.59. The second-order valence-corrected chi connectivity index (χ2v) is 5.97. The Morgan fingerprint density at radius 3 is 3.00 bits per heavy atom. The molecule has 2 heteroatoms. The Hall–Kier alpha value is -1.28. The van der Waals surface area contributed by atoms with E-state index in [-0.39, 0.29) is 0 Å². The molecule has 2 aliphatic carbocycles. The number of hydrogen-bond acceptors (Lipinski definition) is 2. The Balaban J connectivity index is 1.56. The third-order valence-corrected chi connectivity index (χ3v) is 4.65. The molecule has 108 valence electrons. The van der Waals surface area contributed by atoms with Crippen molar-refractivity contribution in [1.82, 2.24) is 5.32 Å². The summed E-state index contributed by atoms with van der Waals surface area (Å²) in [6.45, 7) is 1.10. The summed E-state index contributed by atoms with van der Waals surface area (Å²) in [6.07, 6.45) is 11.5. The van der Waals surface area contributed by atoms with Crippen molar-refractivity contribution in [2.75, 3.05) is 13.7 Å². The summed E-state index contributed by atoms with van der Waals surface area (Å²) in [7, 11) is 1.74. The molecule has 0 aliphatic heterocycles. The van der Waals surface area contributed by atoms with Gasteiger partial charge in [0.1, 0.15) is 5.75 Å². The predicted octanol–water partition coefficient (Wildman–Crippen LogP) is 4.16. The fraction of sp³-hybridized carbons (Fsp3) is 0.556. The Bertz CT molecular complexity index is 492. The molecule has 0 saturated heterocycles. The van der Waals surface area contributed by atoms with Crippen molar-refractivity contribution >= 4 is 0 Å². The normalized spacial score (nSPS) is 21.4. The van der Waals surface area contributed by atoms with Crippen molar-refractivity contribution in [1.29, 1.82) is 0 Å². The van der Waals surface area contributed by atoms with E-state index in [9.17, 15) is 0 Å². The van der Waals surface area contributed by atoms with Crippen LogP contribution in [0.1, 0.15) is 55.7 Å². The van der Waals surface area contributed by atoms with Crippen LogP contribution in [-0.4, -0.2) is 13.7 Å². The summed E-state index contributed by atoms with van der Waals surface area (Å²) >= 11 is 0. The molecule has 20 heavy (non-hydrogen) atoms. The van der Waals surface area contributed by atoms with Crippen molar-refractivity contribution in [2.45, 2.75) is 51.0 Å². The van der Waals surface area contributed by atoms with E-state index in [0.29, 0.717) is 6.04 Å². The van der Waals surface area contributed by atoms with Crippen LogP contribution in [0.5, 0.6) is 5.75 Å². The molecule has 0 heterocycles. The van der Waals surface area contributed by atoms with Crippen LogP contribution in [0.25, 0.3) is 0 Å². The van der Waals surface area contributed by atoms with E-state index in [1.807, 2.05) is 0 Å². The Labute approximate surface area is 122 Å². The van der Waals surface area contributed by atoms with Gasteiger partial charge in [0.05, 0.1) is 7.11 Å². The predicted molar refractivity (Wildman–Crippen MR) is 83.2 cm³/mol. The number of allylic oxidation sites excluding steroid dienone is 1. The Kier molecular flexibility index (Phi) is 4.41. The fourth-order valence-electron chi connectivity index (χ4n) is 3.46. The van der Waals surface area contributed by atoms with Gasteiger partial charge in [0.15, 0.2) is 0 Å². The first-order chi connectivity index (χ1) is 9.86. The van der Waals surface area contributed by atoms with Crippen molar-refractivity contribution in [3.8, 4) is 5.75 Å². The second-order valence-electron chi connectivity index (χ2n) is 5.97. The van der Waals surface area contributed by atoms with Gasteiger partial charge in [0.2, 0.25) is 0 Å². The topological polar surface area (TPSA) is 21.3 Å². The number of methoxy groups -OCH3 is 1. The molecule has 1 aromatic carbocycles. The quantitative estimate of drug-likeness (QED) is 0.812. The molecule has 0 bridgehead atoms. The maximum Gasteiger partial charge on any atom is 0.119 e. The third-order valence-electron chi connectivity index (χ3n) is 4.65. The molecular weight excluding hydrogens is 246 g/mol. The van der Waals surface area contributed by atoms with Crippen molar-refractivity contribution < 1.29 is 4.74 Å². The van der Waals surface area contributed by atoms with Crippen LogP contribution >= 0.6 is 0 Å². The molecule has 0 radical (unpaired) electrons. The van der Waals surface area contributed by atoms with Crippen LogP contribution in [0.2, 0.25) is 0 Å². The Morgan fingerprint density at radius 1 is 1.25 bits per heavy atom. The molecule has 3 rings (SSSR count). The van der Waals surface area contributed by atoms with E-state index >= 15 is 0 Å². The maximum atomic E-state index is 5.35. The molecule has 1 atom stereocenters. The zero-order valence-corrected chi connectivity index (χ0v) is 12.5. The molecule has 2 aliphatic rings. The van der Waals surface area contributed by atoms with Crippen LogP contribution in [0.4, 0.5) is 0 Å². The van der Waals surface area contributed by atoms with Gasteiger partial charge >= 0.3 is 0 Å². The molecular formula is C18H25NO. The van der Waals surface area contributed by atoms with Crippen LogP contribution in [0.15, 0.2) is 29.8 Å². The zero-order chi connectivity index (χ0) is 13.8. The van der Waals surface area contributed by atoms with Crippen LogP contribution < -0.4 is 10.1 Å². The van der Waals surface area contributed by atoms with Crippen LogP contribution in [0, 0.1) is 0 Å². The molecule has 1 aromatic rings. The highest BCUT2D eigenvalue weighted by atomic mass is 16.5. The molecule has 1 unspecified atom stereocenters. The van der Waals surface area contributed by atoms with E-state index < -0.39 is 0 Å². The van der Waals surface area contributed by atoms with E-state index in [1.54, 1.807) is 12.7 Å². The minimum Gasteiger partial charge on any atom is -0.497 e. The van der Waals surface area contributed by atoms with E-state index in [2.05, 4.69) is 29.6 Å². The van der Waals surface area contributed by atoms with Crippen molar-refractivity contribution in [3.05, 3.63) is 41.0 Å². The second kappa shape index (κ2) is 6.45. The lowest BCUT2D eigenvalue weighted by Crippen LogP contribution is -2.21. The molecule has 0 saturated carbocycles. The summed E-state index contributed by atoms with van der Waals surface area (Å²) in [6, 6.07) is 7.03. The highest BCUT2D eigenvalue weighted by Crippen LogP contribution is 2.33. The average Bonchev–Trinajstić information content (AvgIpc) is 2.91. The molecule has 2 nitrogen and oxygen atoms in total. The molecule has 0 fully saturated rings. The average molecular weight is 271 g/mol. The van der Waals surface area contributed by atoms with Gasteiger partial charge in [-0.05, 0) is 74.8 Å². The SMILES string of the molecule is COc1ccc2c(c1)C(NCCC1=CCCCC1)CC2. The van der Waals surface area contributed by atoms with Gasteiger partial charge in [-0.15, -0.1) is 0 Å². The lowest BCUT2D eigenvalue weighted by molar-refractivity contribution is 0.413. The number of nitrogens with one attached hydrogen (secondary N) is 1. The van der Waals surface area contributed by atoms with Crippen molar-refractivity contribution in [3.63, 3.8) is 0 Å². The monoisotopic (exact) mass is 271 g/mol. The number of ether oxygens (including phenoxy) is 1. The van der Waals surface area contributed by atoms with Crippen LogP contribution in [0.3, 0.4) is 0 Å². The van der Waals surface area contributed by atoms with Gasteiger partial charge in [0, 0.05) is 6.04 Å². The van der Waals surface area contributed by atoms with E-state index in [0.717, 1.165) is 12.3 Å². The Morgan fingerprint density at radius 2 is 2.20 bits per heavy atom. The van der Waals surface area contributed by atoms with Gasteiger partial charge < -0.3 is 10.1 Å². The van der Waals surface area contributed by atoms with E-state index in [1.165, 1.54) is 56.1 Å². The number of fused-ring (bicyclic) bond motifs is 1. The molecule has 0 amide bonds. The molecule has 0 aromatic heterocycles. The maximum absolute atomic E-state index is 5.35. The fourth-order valence-corrected chi connectivity index (χ4v) is 3.46. The molecule has 1 N–H and O–H groups in total. The van der Waals surface area contributed by atoms with Crippen LogP contribution in [-0.2, 0) is 6.42 Å². The smallest absolute Gasteiger partial charge is 0.119 e. The number of rotatable bonds is 5. The first-order valence-corrected chi connectivity index (χ1v) is 7.95. The lowest BCUT2D eigenvalue weighted by atomic mass is 9.97. The zero-order valence-electron chi connectivity index (χ0n) is 12.5. The van der Waals surface area contributed by atoms with Gasteiger partial charge in [-0.2, -0.15) is 0 Å². The minimum atomic E-state index is 0.518. The largest absolute Gasteiger partial charge is 0.497 e. The summed E-state index contributed by atoms with van der Waals surface area (Å²) in [5, 5.41) is 3.74. The van der Waals surface area contributed by atoms with Gasteiger partial charge in [-0.25, -0.2) is 0 Å². The lowest BCUT2D eigenvalue weighted by Gasteiger charge is -2.17.